The summed E-state index contributed by atoms with van der Waals surface area (Å²) in [5.41, 5.74) is 0.730. The fraction of sp³-hybridized carbons (Fsp3) is 0.357. The highest BCUT2D eigenvalue weighted by molar-refractivity contribution is 7.99. The van der Waals surface area contributed by atoms with Crippen LogP contribution in [0.5, 0.6) is 11.5 Å². The molecule has 2 aromatic rings. The van der Waals surface area contributed by atoms with E-state index in [2.05, 4.69) is 10.2 Å². The third-order valence-corrected chi connectivity index (χ3v) is 3.67. The molecule has 1 heterocycles. The van der Waals surface area contributed by atoms with E-state index in [1.165, 1.54) is 11.8 Å². The van der Waals surface area contributed by atoms with E-state index in [1.807, 2.05) is 6.92 Å². The number of hydrogen-bond donors (Lipinski definition) is 0. The average molecular weight is 308 g/mol. The van der Waals surface area contributed by atoms with Crippen molar-refractivity contribution in [2.45, 2.75) is 18.6 Å². The van der Waals surface area contributed by atoms with Gasteiger partial charge in [-0.3, -0.25) is 4.79 Å². The highest BCUT2D eigenvalue weighted by Crippen LogP contribution is 2.32. The van der Waals surface area contributed by atoms with Crippen molar-refractivity contribution in [3.8, 4) is 23.0 Å². The van der Waals surface area contributed by atoms with Crippen LogP contribution in [-0.4, -0.2) is 36.0 Å². The SMILES string of the molecule is CCC(=O)CSc1nnc(-c2ccc(OC)c(OC)c2)o1. The summed E-state index contributed by atoms with van der Waals surface area (Å²) in [6, 6.07) is 5.34. The molecule has 1 aromatic carbocycles. The first-order valence-electron chi connectivity index (χ1n) is 6.38. The van der Waals surface area contributed by atoms with Gasteiger partial charge in [0.25, 0.3) is 5.22 Å². The Kier molecular flexibility index (Phi) is 5.21. The highest BCUT2D eigenvalue weighted by Gasteiger charge is 2.13. The molecule has 0 amide bonds. The first kappa shape index (κ1) is 15.4. The summed E-state index contributed by atoms with van der Waals surface area (Å²) in [6.07, 6.45) is 0.504. The lowest BCUT2D eigenvalue weighted by molar-refractivity contribution is -0.116. The Balaban J connectivity index is 2.15. The number of benzene rings is 1. The van der Waals surface area contributed by atoms with E-state index in [1.54, 1.807) is 32.4 Å². The summed E-state index contributed by atoms with van der Waals surface area (Å²) in [4.78, 5) is 11.3. The third kappa shape index (κ3) is 3.75. The second-order valence-corrected chi connectivity index (χ2v) is 5.05. The predicted molar refractivity (Wildman–Crippen MR) is 78.9 cm³/mol. The topological polar surface area (TPSA) is 74.5 Å². The molecular formula is C14H16N2O4S. The molecule has 0 bridgehead atoms. The molecule has 2 rings (SSSR count). The maximum absolute atomic E-state index is 11.3. The Morgan fingerprint density at radius 1 is 1.24 bits per heavy atom. The van der Waals surface area contributed by atoms with Gasteiger partial charge in [0, 0.05) is 12.0 Å². The van der Waals surface area contributed by atoms with Crippen LogP contribution in [0.4, 0.5) is 0 Å². The second-order valence-electron chi connectivity index (χ2n) is 4.12. The largest absolute Gasteiger partial charge is 0.493 e. The minimum Gasteiger partial charge on any atom is -0.493 e. The van der Waals surface area contributed by atoms with Crippen molar-refractivity contribution in [2.75, 3.05) is 20.0 Å². The van der Waals surface area contributed by atoms with Crippen molar-refractivity contribution in [2.24, 2.45) is 0 Å². The number of hydrogen-bond acceptors (Lipinski definition) is 7. The number of ketones is 1. The van der Waals surface area contributed by atoms with Gasteiger partial charge in [0.05, 0.1) is 20.0 Å². The van der Waals surface area contributed by atoms with Crippen LogP contribution < -0.4 is 9.47 Å². The number of thioether (sulfide) groups is 1. The Morgan fingerprint density at radius 2 is 2.00 bits per heavy atom. The molecule has 0 unspecified atom stereocenters. The number of rotatable bonds is 7. The van der Waals surface area contributed by atoms with Gasteiger partial charge in [0.2, 0.25) is 5.89 Å². The Morgan fingerprint density at radius 3 is 2.67 bits per heavy atom. The van der Waals surface area contributed by atoms with E-state index in [4.69, 9.17) is 13.9 Å². The monoisotopic (exact) mass is 308 g/mol. The molecule has 0 atom stereocenters. The molecular weight excluding hydrogens is 292 g/mol. The van der Waals surface area contributed by atoms with Crippen LogP contribution in [0.3, 0.4) is 0 Å². The van der Waals surface area contributed by atoms with Crippen LogP contribution in [0.2, 0.25) is 0 Å². The van der Waals surface area contributed by atoms with Crippen molar-refractivity contribution >= 4 is 17.5 Å². The van der Waals surface area contributed by atoms with Gasteiger partial charge in [0.1, 0.15) is 5.78 Å². The normalized spacial score (nSPS) is 10.4. The molecule has 0 spiro atoms. The molecule has 21 heavy (non-hydrogen) atoms. The van der Waals surface area contributed by atoms with E-state index in [-0.39, 0.29) is 5.78 Å². The van der Waals surface area contributed by atoms with Crippen molar-refractivity contribution in [1.82, 2.24) is 10.2 Å². The van der Waals surface area contributed by atoms with Gasteiger partial charge in [-0.25, -0.2) is 0 Å². The van der Waals surface area contributed by atoms with Crippen molar-refractivity contribution in [3.05, 3.63) is 18.2 Å². The summed E-state index contributed by atoms with van der Waals surface area (Å²) in [6.45, 7) is 1.83. The first-order chi connectivity index (χ1) is 10.2. The predicted octanol–water partition coefficient (Wildman–Crippen LogP) is 2.83. The fourth-order valence-corrected chi connectivity index (χ4v) is 2.32. The van der Waals surface area contributed by atoms with Crippen molar-refractivity contribution < 1.29 is 18.7 Å². The van der Waals surface area contributed by atoms with Gasteiger partial charge in [-0.1, -0.05) is 18.7 Å². The number of methoxy groups -OCH3 is 2. The molecule has 0 saturated heterocycles. The number of carbonyl (C=O) groups excluding carboxylic acids is 1. The summed E-state index contributed by atoms with van der Waals surface area (Å²) in [5, 5.41) is 8.27. The van der Waals surface area contributed by atoms with Crippen LogP contribution >= 0.6 is 11.8 Å². The number of carbonyl (C=O) groups is 1. The molecule has 0 N–H and O–H groups in total. The van der Waals surface area contributed by atoms with Gasteiger partial charge in [0.15, 0.2) is 11.5 Å². The highest BCUT2D eigenvalue weighted by atomic mass is 32.2. The van der Waals surface area contributed by atoms with Gasteiger partial charge in [-0.15, -0.1) is 10.2 Å². The number of aromatic nitrogens is 2. The minimum atomic E-state index is 0.144. The molecule has 112 valence electrons. The van der Waals surface area contributed by atoms with E-state index >= 15 is 0 Å². The van der Waals surface area contributed by atoms with Gasteiger partial charge >= 0.3 is 0 Å². The summed E-state index contributed by atoms with van der Waals surface area (Å²) >= 11 is 1.24. The van der Waals surface area contributed by atoms with E-state index in [9.17, 15) is 4.79 Å². The third-order valence-electron chi connectivity index (χ3n) is 2.79. The Labute approximate surface area is 126 Å². The zero-order valence-electron chi connectivity index (χ0n) is 12.1. The number of nitrogens with zero attached hydrogens (tertiary/aromatic N) is 2. The van der Waals surface area contributed by atoms with Crippen LogP contribution in [0.15, 0.2) is 27.8 Å². The van der Waals surface area contributed by atoms with Crippen LogP contribution in [0.25, 0.3) is 11.5 Å². The van der Waals surface area contributed by atoms with E-state index < -0.39 is 0 Å². The van der Waals surface area contributed by atoms with Crippen molar-refractivity contribution in [3.63, 3.8) is 0 Å². The van der Waals surface area contributed by atoms with Crippen molar-refractivity contribution in [1.29, 1.82) is 0 Å². The maximum atomic E-state index is 11.3. The minimum absolute atomic E-state index is 0.144. The molecule has 0 aliphatic carbocycles. The van der Waals surface area contributed by atoms with Gasteiger partial charge in [-0.2, -0.15) is 0 Å². The summed E-state index contributed by atoms with van der Waals surface area (Å²) in [7, 11) is 3.14. The zero-order valence-corrected chi connectivity index (χ0v) is 12.9. The van der Waals surface area contributed by atoms with Gasteiger partial charge < -0.3 is 13.9 Å². The molecule has 0 aliphatic rings. The van der Waals surface area contributed by atoms with Crippen LogP contribution in [0.1, 0.15) is 13.3 Å². The molecule has 6 nitrogen and oxygen atoms in total. The molecule has 0 radical (unpaired) electrons. The van der Waals surface area contributed by atoms with Crippen LogP contribution in [0, 0.1) is 0 Å². The standard InChI is InChI=1S/C14H16N2O4S/c1-4-10(17)8-21-14-16-15-13(20-14)9-5-6-11(18-2)12(7-9)19-3/h5-7H,4,8H2,1-3H3. The van der Waals surface area contributed by atoms with E-state index in [0.717, 1.165) is 5.56 Å². The molecule has 1 aromatic heterocycles. The lowest BCUT2D eigenvalue weighted by Gasteiger charge is -2.07. The first-order valence-corrected chi connectivity index (χ1v) is 7.36. The second kappa shape index (κ2) is 7.12. The lowest BCUT2D eigenvalue weighted by atomic mass is 10.2. The fourth-order valence-electron chi connectivity index (χ4n) is 1.60. The maximum Gasteiger partial charge on any atom is 0.277 e. The average Bonchev–Trinajstić information content (AvgIpc) is 3.00. The van der Waals surface area contributed by atoms with Crippen LogP contribution in [-0.2, 0) is 4.79 Å². The van der Waals surface area contributed by atoms with Gasteiger partial charge in [-0.05, 0) is 18.2 Å². The quantitative estimate of drug-likeness (QED) is 0.728. The molecule has 0 fully saturated rings. The van der Waals surface area contributed by atoms with E-state index in [0.29, 0.717) is 34.8 Å². The number of ether oxygens (including phenoxy) is 2. The Hall–Kier alpha value is -2.02. The summed E-state index contributed by atoms with van der Waals surface area (Å²) < 4.78 is 15.9. The zero-order chi connectivity index (χ0) is 15.2. The Bertz CT molecular complexity index is 627. The smallest absolute Gasteiger partial charge is 0.277 e. The summed E-state index contributed by atoms with van der Waals surface area (Å²) in [5.74, 6) is 2.07. The molecule has 0 aliphatic heterocycles. The molecule has 7 heteroatoms. The number of Topliss-reactive ketones (excluding diaryl/α,β-unsaturated/α-hetero) is 1. The lowest BCUT2D eigenvalue weighted by Crippen LogP contribution is -1.97. The molecule has 0 saturated carbocycles.